The van der Waals surface area contributed by atoms with E-state index in [4.69, 9.17) is 28.4 Å². The fourth-order valence-corrected chi connectivity index (χ4v) is 3.71. The maximum absolute atomic E-state index is 11.6. The highest BCUT2D eigenvalue weighted by atomic mass is 16.6. The van der Waals surface area contributed by atoms with E-state index < -0.39 is 18.0 Å². The molecule has 2 aliphatic heterocycles. The van der Waals surface area contributed by atoms with Gasteiger partial charge in [0.15, 0.2) is 23.0 Å². The van der Waals surface area contributed by atoms with Gasteiger partial charge in [-0.25, -0.2) is 0 Å². The summed E-state index contributed by atoms with van der Waals surface area (Å²) in [7, 11) is 2.98. The topological polar surface area (TPSA) is 89.5 Å². The fraction of sp³-hybridized carbons (Fsp3) is 0.333. The van der Waals surface area contributed by atoms with Crippen LogP contribution in [0.5, 0.6) is 34.5 Å². The molecule has 2 aromatic rings. The van der Waals surface area contributed by atoms with E-state index in [9.17, 15) is 9.59 Å². The van der Waals surface area contributed by atoms with Gasteiger partial charge in [-0.1, -0.05) is 6.07 Å². The van der Waals surface area contributed by atoms with E-state index >= 15 is 0 Å². The molecule has 2 atom stereocenters. The summed E-state index contributed by atoms with van der Waals surface area (Å²) in [5.74, 6) is 0.982. The predicted octanol–water partition coefficient (Wildman–Crippen LogP) is 3.16. The van der Waals surface area contributed by atoms with Crippen molar-refractivity contribution in [1.29, 1.82) is 0 Å². The molecule has 0 saturated heterocycles. The Morgan fingerprint density at radius 3 is 1.97 bits per heavy atom. The normalized spacial score (nSPS) is 18.3. The Bertz CT molecular complexity index is 997. The van der Waals surface area contributed by atoms with Gasteiger partial charge in [-0.2, -0.15) is 0 Å². The molecule has 2 aromatic carbocycles. The number of carbonyl (C=O) groups excluding carboxylic acids is 2. The van der Waals surface area contributed by atoms with Crippen molar-refractivity contribution in [2.45, 2.75) is 25.9 Å². The van der Waals surface area contributed by atoms with E-state index in [0.717, 1.165) is 5.56 Å². The largest absolute Gasteiger partial charge is 0.493 e. The lowest BCUT2D eigenvalue weighted by molar-refractivity contribution is -0.133. The molecule has 0 radical (unpaired) electrons. The Morgan fingerprint density at radius 1 is 0.862 bits per heavy atom. The number of benzene rings is 2. The molecule has 0 saturated carbocycles. The van der Waals surface area contributed by atoms with E-state index in [-0.39, 0.29) is 24.0 Å². The Hall–Kier alpha value is -3.42. The monoisotopic (exact) mass is 400 g/mol. The number of hydrogen-bond donors (Lipinski definition) is 0. The molecule has 0 unspecified atom stereocenters. The average Bonchev–Trinajstić information content (AvgIpc) is 3.07. The highest BCUT2D eigenvalue weighted by Gasteiger charge is 2.44. The van der Waals surface area contributed by atoms with E-state index in [1.807, 2.05) is 12.1 Å². The lowest BCUT2D eigenvalue weighted by atomic mass is 9.89. The van der Waals surface area contributed by atoms with Gasteiger partial charge in [0.2, 0.25) is 11.5 Å². The molecule has 0 fully saturated rings. The minimum atomic E-state index is -0.486. The molecule has 29 heavy (non-hydrogen) atoms. The first-order chi connectivity index (χ1) is 13.9. The number of hydrogen-bond acceptors (Lipinski definition) is 8. The molecule has 8 heteroatoms. The van der Waals surface area contributed by atoms with Gasteiger partial charge in [-0.3, -0.25) is 9.59 Å². The third-order valence-corrected chi connectivity index (χ3v) is 4.87. The summed E-state index contributed by atoms with van der Waals surface area (Å²) in [5.41, 5.74) is 1.56. The zero-order valence-corrected chi connectivity index (χ0v) is 16.4. The third kappa shape index (κ3) is 3.10. The summed E-state index contributed by atoms with van der Waals surface area (Å²) >= 11 is 0. The fourth-order valence-electron chi connectivity index (χ4n) is 3.71. The Kier molecular flexibility index (Phi) is 4.70. The minimum absolute atomic E-state index is 0.128. The molecule has 152 valence electrons. The van der Waals surface area contributed by atoms with E-state index in [0.29, 0.717) is 28.6 Å². The van der Waals surface area contributed by atoms with Crippen molar-refractivity contribution in [3.63, 3.8) is 0 Å². The standard InChI is InChI=1S/C21H20O8/c1-10(22)27-20-15(24-3)8-6-13-17-14(9-26-18(13)20)12-5-7-16(25-4)21(19(12)29-17)28-11(2)23/h5-8,14,17H,9H2,1-4H3/t14-,17-/m0/s1. The molecule has 0 aromatic heterocycles. The van der Waals surface area contributed by atoms with E-state index in [1.54, 1.807) is 12.1 Å². The highest BCUT2D eigenvalue weighted by Crippen LogP contribution is 2.58. The molecule has 0 N–H and O–H groups in total. The Labute approximate surface area is 167 Å². The second kappa shape index (κ2) is 7.20. The lowest BCUT2D eigenvalue weighted by Crippen LogP contribution is -2.24. The lowest BCUT2D eigenvalue weighted by Gasteiger charge is -2.29. The Balaban J connectivity index is 1.80. The van der Waals surface area contributed by atoms with Crippen LogP contribution in [0.1, 0.15) is 37.0 Å². The zero-order chi connectivity index (χ0) is 20.7. The van der Waals surface area contributed by atoms with Crippen LogP contribution >= 0.6 is 0 Å². The molecule has 0 bridgehead atoms. The van der Waals surface area contributed by atoms with Crippen molar-refractivity contribution in [1.82, 2.24) is 0 Å². The maximum atomic E-state index is 11.6. The smallest absolute Gasteiger partial charge is 0.308 e. The number of rotatable bonds is 4. The quantitative estimate of drug-likeness (QED) is 0.571. The highest BCUT2D eigenvalue weighted by molar-refractivity contribution is 5.75. The second-order valence-electron chi connectivity index (χ2n) is 6.67. The maximum Gasteiger partial charge on any atom is 0.308 e. The summed E-state index contributed by atoms with van der Waals surface area (Å²) in [5, 5.41) is 0. The summed E-state index contributed by atoms with van der Waals surface area (Å²) < 4.78 is 33.5. The van der Waals surface area contributed by atoms with Crippen LogP contribution in [-0.2, 0) is 9.59 Å². The van der Waals surface area contributed by atoms with Crippen LogP contribution in [0.15, 0.2) is 24.3 Å². The van der Waals surface area contributed by atoms with Crippen LogP contribution in [0.2, 0.25) is 0 Å². The van der Waals surface area contributed by atoms with Crippen LogP contribution in [0.3, 0.4) is 0 Å². The number of carbonyl (C=O) groups is 2. The average molecular weight is 400 g/mol. The van der Waals surface area contributed by atoms with Crippen LogP contribution in [0, 0.1) is 0 Å². The van der Waals surface area contributed by atoms with Crippen molar-refractivity contribution in [2.75, 3.05) is 20.8 Å². The first-order valence-corrected chi connectivity index (χ1v) is 9.02. The summed E-state index contributed by atoms with van der Waals surface area (Å²) in [6, 6.07) is 7.11. The molecule has 0 amide bonds. The summed E-state index contributed by atoms with van der Waals surface area (Å²) in [6.07, 6.45) is -0.407. The first kappa shape index (κ1) is 18.9. The molecule has 0 spiro atoms. The second-order valence-corrected chi connectivity index (χ2v) is 6.67. The van der Waals surface area contributed by atoms with Crippen LogP contribution in [-0.4, -0.2) is 32.8 Å². The van der Waals surface area contributed by atoms with Crippen molar-refractivity contribution in [2.24, 2.45) is 0 Å². The van der Waals surface area contributed by atoms with Crippen LogP contribution in [0.25, 0.3) is 0 Å². The number of esters is 2. The molecule has 4 rings (SSSR count). The minimum Gasteiger partial charge on any atom is -0.493 e. The Morgan fingerprint density at radius 2 is 1.41 bits per heavy atom. The zero-order valence-electron chi connectivity index (χ0n) is 16.4. The van der Waals surface area contributed by atoms with Crippen molar-refractivity contribution < 1.29 is 38.0 Å². The number of ether oxygens (including phenoxy) is 6. The summed E-state index contributed by atoms with van der Waals surface area (Å²) in [4.78, 5) is 23.2. The number of methoxy groups -OCH3 is 2. The first-order valence-electron chi connectivity index (χ1n) is 9.02. The molecule has 2 heterocycles. The molecule has 8 nitrogen and oxygen atoms in total. The summed E-state index contributed by atoms with van der Waals surface area (Å²) in [6.45, 7) is 2.92. The number of fused-ring (bicyclic) bond motifs is 5. The van der Waals surface area contributed by atoms with Crippen molar-refractivity contribution in [3.05, 3.63) is 35.4 Å². The van der Waals surface area contributed by atoms with Crippen LogP contribution in [0.4, 0.5) is 0 Å². The van der Waals surface area contributed by atoms with Gasteiger partial charge in [-0.05, 0) is 18.2 Å². The molecule has 0 aliphatic carbocycles. The van der Waals surface area contributed by atoms with E-state index in [1.165, 1.54) is 28.1 Å². The van der Waals surface area contributed by atoms with Gasteiger partial charge in [0.25, 0.3) is 0 Å². The van der Waals surface area contributed by atoms with E-state index in [2.05, 4.69) is 0 Å². The molecular weight excluding hydrogens is 380 g/mol. The van der Waals surface area contributed by atoms with Crippen LogP contribution < -0.4 is 28.4 Å². The van der Waals surface area contributed by atoms with Gasteiger partial charge in [0, 0.05) is 25.0 Å². The SMILES string of the molecule is COc1ccc2c(c1OC(C)=O)O[C@H]1c3ccc(OC)c(OC(C)=O)c3OC[C@@H]21. The third-order valence-electron chi connectivity index (χ3n) is 4.87. The van der Waals surface area contributed by atoms with Gasteiger partial charge in [-0.15, -0.1) is 0 Å². The van der Waals surface area contributed by atoms with Gasteiger partial charge in [0.05, 0.1) is 26.7 Å². The van der Waals surface area contributed by atoms with Gasteiger partial charge < -0.3 is 28.4 Å². The van der Waals surface area contributed by atoms with Gasteiger partial charge >= 0.3 is 11.9 Å². The van der Waals surface area contributed by atoms with Crippen molar-refractivity contribution >= 4 is 11.9 Å². The van der Waals surface area contributed by atoms with Gasteiger partial charge in [0.1, 0.15) is 6.10 Å². The van der Waals surface area contributed by atoms with Crippen molar-refractivity contribution in [3.8, 4) is 34.5 Å². The predicted molar refractivity (Wildman–Crippen MR) is 100 cm³/mol. The molecular formula is C21H20O8. The molecule has 2 aliphatic rings.